The van der Waals surface area contributed by atoms with Crippen LogP contribution in [0.1, 0.15) is 49.5 Å². The maximum absolute atomic E-state index is 12.2. The molecule has 0 atom stereocenters. The molecule has 0 radical (unpaired) electrons. The number of hydrogen-bond donors (Lipinski definition) is 0. The van der Waals surface area contributed by atoms with Crippen molar-refractivity contribution in [3.63, 3.8) is 0 Å². The number of Topliss-reactive ketones (excluding diaryl/α,β-unsaturated/α-hetero) is 1. The molecule has 2 nitrogen and oxygen atoms in total. The molecule has 2 heteroatoms. The fourth-order valence-electron chi connectivity index (χ4n) is 2.82. The van der Waals surface area contributed by atoms with Crippen LogP contribution in [0.4, 0.5) is 0 Å². The molecular formula is C18H27NO. The minimum Gasteiger partial charge on any atom is -0.306 e. The summed E-state index contributed by atoms with van der Waals surface area (Å²) in [7, 11) is 2.20. The number of carbonyl (C=O) groups is 1. The fraction of sp³-hybridized carbons (Fsp3) is 0.611. The molecule has 0 unspecified atom stereocenters. The molecule has 0 spiro atoms. The highest BCUT2D eigenvalue weighted by molar-refractivity contribution is 5.99. The Hall–Kier alpha value is -1.15. The van der Waals surface area contributed by atoms with Crippen LogP contribution in [0, 0.1) is 11.3 Å². The number of carbonyl (C=O) groups excluding carboxylic acids is 1. The Bertz CT molecular complexity index is 447. The summed E-state index contributed by atoms with van der Waals surface area (Å²) in [5, 5.41) is 0. The summed E-state index contributed by atoms with van der Waals surface area (Å²) < 4.78 is 0. The second-order valence-electron chi connectivity index (χ2n) is 7.23. The van der Waals surface area contributed by atoms with E-state index < -0.39 is 0 Å². The molecule has 1 heterocycles. The Kier molecular flexibility index (Phi) is 4.64. The first kappa shape index (κ1) is 15.2. The van der Waals surface area contributed by atoms with Crippen LogP contribution in [0.3, 0.4) is 0 Å². The van der Waals surface area contributed by atoms with Gasteiger partial charge in [-0.1, -0.05) is 45.0 Å². The van der Waals surface area contributed by atoms with Crippen LogP contribution in [-0.2, 0) is 6.42 Å². The van der Waals surface area contributed by atoms with Gasteiger partial charge in [-0.15, -0.1) is 0 Å². The van der Waals surface area contributed by atoms with Crippen molar-refractivity contribution >= 4 is 5.78 Å². The molecule has 2 rings (SSSR count). The maximum atomic E-state index is 12.2. The van der Waals surface area contributed by atoms with Crippen molar-refractivity contribution < 1.29 is 4.79 Å². The first-order chi connectivity index (χ1) is 9.36. The summed E-state index contributed by atoms with van der Waals surface area (Å²) in [6.45, 7) is 8.35. The predicted molar refractivity (Wildman–Crippen MR) is 84.2 cm³/mol. The van der Waals surface area contributed by atoms with Gasteiger partial charge < -0.3 is 4.90 Å². The minimum absolute atomic E-state index is 0.225. The summed E-state index contributed by atoms with van der Waals surface area (Å²) in [6.07, 6.45) is 3.73. The van der Waals surface area contributed by atoms with Gasteiger partial charge in [0, 0.05) is 11.0 Å². The van der Waals surface area contributed by atoms with E-state index in [1.807, 2.05) is 32.9 Å². The SMILES string of the molecule is CN1CCC(Cc2ccc(C(=O)C(C)(C)C)cc2)CC1. The zero-order valence-electron chi connectivity index (χ0n) is 13.3. The van der Waals surface area contributed by atoms with Gasteiger partial charge in [0.15, 0.2) is 5.78 Å². The third kappa shape index (κ3) is 3.92. The van der Waals surface area contributed by atoms with Crippen molar-refractivity contribution in [1.29, 1.82) is 0 Å². The van der Waals surface area contributed by atoms with Crippen molar-refractivity contribution in [2.24, 2.45) is 11.3 Å². The monoisotopic (exact) mass is 273 g/mol. The molecule has 20 heavy (non-hydrogen) atoms. The summed E-state index contributed by atoms with van der Waals surface area (Å²) in [6, 6.07) is 8.27. The molecular weight excluding hydrogens is 246 g/mol. The zero-order valence-corrected chi connectivity index (χ0v) is 13.3. The molecule has 0 saturated carbocycles. The van der Waals surface area contributed by atoms with Crippen LogP contribution < -0.4 is 0 Å². The predicted octanol–water partition coefficient (Wildman–Crippen LogP) is 3.80. The van der Waals surface area contributed by atoms with Crippen LogP contribution >= 0.6 is 0 Å². The largest absolute Gasteiger partial charge is 0.306 e. The summed E-state index contributed by atoms with van der Waals surface area (Å²) in [4.78, 5) is 14.6. The van der Waals surface area contributed by atoms with Crippen LogP contribution in [0.25, 0.3) is 0 Å². The van der Waals surface area contributed by atoms with Gasteiger partial charge in [0.25, 0.3) is 0 Å². The minimum atomic E-state index is -0.296. The molecule has 0 aromatic heterocycles. The van der Waals surface area contributed by atoms with E-state index in [-0.39, 0.29) is 11.2 Å². The summed E-state index contributed by atoms with van der Waals surface area (Å²) in [5.41, 5.74) is 1.91. The third-order valence-electron chi connectivity index (χ3n) is 4.26. The number of rotatable bonds is 3. The Morgan fingerprint density at radius 1 is 1.15 bits per heavy atom. The van der Waals surface area contributed by atoms with Crippen molar-refractivity contribution in [2.45, 2.75) is 40.0 Å². The molecule has 0 aliphatic carbocycles. The third-order valence-corrected chi connectivity index (χ3v) is 4.26. The van der Waals surface area contributed by atoms with E-state index in [2.05, 4.69) is 24.1 Å². The Labute approximate surface area is 123 Å². The van der Waals surface area contributed by atoms with E-state index in [0.29, 0.717) is 0 Å². The fourth-order valence-corrected chi connectivity index (χ4v) is 2.82. The Morgan fingerprint density at radius 2 is 1.70 bits per heavy atom. The first-order valence-corrected chi connectivity index (χ1v) is 7.68. The molecule has 1 fully saturated rings. The van der Waals surface area contributed by atoms with Gasteiger partial charge >= 0.3 is 0 Å². The number of benzene rings is 1. The summed E-state index contributed by atoms with van der Waals surface area (Å²) in [5.74, 6) is 1.03. The second kappa shape index (κ2) is 6.09. The number of hydrogen-bond acceptors (Lipinski definition) is 2. The van der Waals surface area contributed by atoms with Gasteiger partial charge in [0.2, 0.25) is 0 Å². The molecule has 0 amide bonds. The molecule has 1 aromatic rings. The van der Waals surface area contributed by atoms with Crippen molar-refractivity contribution in [2.75, 3.05) is 20.1 Å². The lowest BCUT2D eigenvalue weighted by Crippen LogP contribution is -2.30. The number of ketones is 1. The van der Waals surface area contributed by atoms with E-state index in [0.717, 1.165) is 17.9 Å². The van der Waals surface area contributed by atoms with Crippen LogP contribution in [0.2, 0.25) is 0 Å². The maximum Gasteiger partial charge on any atom is 0.168 e. The first-order valence-electron chi connectivity index (χ1n) is 7.68. The van der Waals surface area contributed by atoms with Crippen molar-refractivity contribution in [1.82, 2.24) is 4.90 Å². The van der Waals surface area contributed by atoms with Gasteiger partial charge in [0.1, 0.15) is 0 Å². The van der Waals surface area contributed by atoms with E-state index in [1.165, 1.54) is 31.5 Å². The number of nitrogens with zero attached hydrogens (tertiary/aromatic N) is 1. The van der Waals surface area contributed by atoms with Gasteiger partial charge in [-0.25, -0.2) is 0 Å². The normalized spacial score (nSPS) is 18.2. The summed E-state index contributed by atoms with van der Waals surface area (Å²) >= 11 is 0. The van der Waals surface area contributed by atoms with E-state index in [4.69, 9.17) is 0 Å². The lowest BCUT2D eigenvalue weighted by Gasteiger charge is -2.29. The van der Waals surface area contributed by atoms with E-state index in [9.17, 15) is 4.79 Å². The lowest BCUT2D eigenvalue weighted by atomic mass is 9.85. The highest BCUT2D eigenvalue weighted by Gasteiger charge is 2.23. The number of piperidine rings is 1. The quantitative estimate of drug-likeness (QED) is 0.781. The van der Waals surface area contributed by atoms with E-state index >= 15 is 0 Å². The van der Waals surface area contributed by atoms with Crippen molar-refractivity contribution in [3.8, 4) is 0 Å². The van der Waals surface area contributed by atoms with Gasteiger partial charge in [-0.2, -0.15) is 0 Å². The molecule has 1 saturated heterocycles. The van der Waals surface area contributed by atoms with Gasteiger partial charge in [0.05, 0.1) is 0 Å². The van der Waals surface area contributed by atoms with Crippen LogP contribution in [0.5, 0.6) is 0 Å². The standard InChI is InChI=1S/C18H27NO/c1-18(2,3)17(20)16-7-5-14(6-8-16)13-15-9-11-19(4)12-10-15/h5-8,15H,9-13H2,1-4H3. The van der Waals surface area contributed by atoms with Gasteiger partial charge in [-0.05, 0) is 50.9 Å². The molecule has 0 N–H and O–H groups in total. The Balaban J connectivity index is 1.97. The molecule has 0 bridgehead atoms. The average molecular weight is 273 g/mol. The van der Waals surface area contributed by atoms with Crippen LogP contribution in [-0.4, -0.2) is 30.8 Å². The topological polar surface area (TPSA) is 20.3 Å². The zero-order chi connectivity index (χ0) is 14.8. The van der Waals surface area contributed by atoms with E-state index in [1.54, 1.807) is 0 Å². The highest BCUT2D eigenvalue weighted by Crippen LogP contribution is 2.23. The van der Waals surface area contributed by atoms with Crippen molar-refractivity contribution in [3.05, 3.63) is 35.4 Å². The second-order valence-corrected chi connectivity index (χ2v) is 7.23. The Morgan fingerprint density at radius 3 is 2.20 bits per heavy atom. The smallest absolute Gasteiger partial charge is 0.168 e. The van der Waals surface area contributed by atoms with Crippen LogP contribution in [0.15, 0.2) is 24.3 Å². The molecule has 1 aliphatic heterocycles. The lowest BCUT2D eigenvalue weighted by molar-refractivity contribution is 0.0858. The average Bonchev–Trinajstić information content (AvgIpc) is 2.40. The molecule has 1 aliphatic rings. The highest BCUT2D eigenvalue weighted by atomic mass is 16.1. The number of likely N-dealkylation sites (tertiary alicyclic amines) is 1. The van der Waals surface area contributed by atoms with Gasteiger partial charge in [-0.3, -0.25) is 4.79 Å². The molecule has 1 aromatic carbocycles. The molecule has 110 valence electrons.